The lowest BCUT2D eigenvalue weighted by atomic mass is 9.79. The highest BCUT2D eigenvalue weighted by atomic mass is 35.5. The third kappa shape index (κ3) is 3.53. The van der Waals surface area contributed by atoms with E-state index in [0.717, 1.165) is 0 Å². The third-order valence-corrected chi connectivity index (χ3v) is 5.39. The predicted molar refractivity (Wildman–Crippen MR) is 106 cm³/mol. The van der Waals surface area contributed by atoms with Crippen molar-refractivity contribution in [3.8, 4) is 0 Å². The van der Waals surface area contributed by atoms with E-state index in [1.807, 2.05) is 13.8 Å². The van der Waals surface area contributed by atoms with Crippen LogP contribution in [-0.4, -0.2) is 48.3 Å². The Bertz CT molecular complexity index is 803. The Hall–Kier alpha value is -2.12. The molecule has 2 heterocycles. The van der Waals surface area contributed by atoms with Crippen LogP contribution in [-0.2, 0) is 19.8 Å². The van der Waals surface area contributed by atoms with Gasteiger partial charge >= 0.3 is 0 Å². The topological polar surface area (TPSA) is 105 Å². The van der Waals surface area contributed by atoms with E-state index in [-0.39, 0.29) is 49.1 Å². The molecule has 0 saturated carbocycles. The summed E-state index contributed by atoms with van der Waals surface area (Å²) in [6.07, 6.45) is 0.748. The number of likely N-dealkylation sites (N-methyl/N-ethyl adjacent to an activating group) is 1. The number of rotatable bonds is 5. The van der Waals surface area contributed by atoms with Crippen molar-refractivity contribution in [2.75, 3.05) is 18.9 Å². The number of para-hydroxylation sites is 1. The van der Waals surface area contributed by atoms with Gasteiger partial charge in [-0.25, -0.2) is 0 Å². The maximum absolute atomic E-state index is 13.1. The molecule has 8 heteroatoms. The molecule has 0 radical (unpaired) electrons. The molecule has 4 N–H and O–H groups in total. The lowest BCUT2D eigenvalue weighted by Gasteiger charge is -2.28. The molecule has 1 spiro atoms. The molecule has 0 aromatic heterocycles. The number of anilines is 1. The summed E-state index contributed by atoms with van der Waals surface area (Å²) in [6, 6.07) is 3.88. The average Bonchev–Trinajstić information content (AvgIpc) is 3.13. The minimum absolute atomic E-state index is 0. The normalized spacial score (nSPS) is 25.0. The number of hydrogen-bond donors (Lipinski definition) is 3. The highest BCUT2D eigenvalue weighted by Crippen LogP contribution is 2.46. The maximum Gasteiger partial charge on any atom is 0.240 e. The zero-order valence-electron chi connectivity index (χ0n) is 16.7. The van der Waals surface area contributed by atoms with Crippen LogP contribution >= 0.6 is 12.4 Å². The average molecular weight is 396 g/mol. The van der Waals surface area contributed by atoms with Gasteiger partial charge in [0.15, 0.2) is 0 Å². The highest BCUT2D eigenvalue weighted by Gasteiger charge is 2.57. The number of halogens is 1. The molecule has 3 rings (SSSR count). The van der Waals surface area contributed by atoms with Gasteiger partial charge in [-0.05, 0) is 37.4 Å². The van der Waals surface area contributed by atoms with E-state index >= 15 is 0 Å². The Morgan fingerprint density at radius 3 is 2.78 bits per heavy atom. The number of benzene rings is 1. The number of hydrogen-bond acceptors (Lipinski definition) is 4. The SMILES string of the molecule is Cl.[2H]c1ccc2c(c1)[C@@]1(C[C@@H](C(N)=O)N(C(=O)[C@H](CC(C)C)NC)C1)C(=O)N2. The molecule has 3 amide bonds. The molecule has 148 valence electrons. The Labute approximate surface area is 166 Å². The van der Waals surface area contributed by atoms with E-state index in [4.69, 9.17) is 7.10 Å². The maximum atomic E-state index is 13.1. The number of amides is 3. The van der Waals surface area contributed by atoms with E-state index in [0.29, 0.717) is 17.7 Å². The van der Waals surface area contributed by atoms with Crippen LogP contribution in [0.1, 0.15) is 33.6 Å². The van der Waals surface area contributed by atoms with E-state index < -0.39 is 23.4 Å². The zero-order valence-corrected chi connectivity index (χ0v) is 16.6. The van der Waals surface area contributed by atoms with Crippen LogP contribution in [0.5, 0.6) is 0 Å². The van der Waals surface area contributed by atoms with Gasteiger partial charge < -0.3 is 21.3 Å². The molecule has 1 saturated heterocycles. The van der Waals surface area contributed by atoms with Crippen molar-refractivity contribution >= 4 is 35.8 Å². The smallest absolute Gasteiger partial charge is 0.240 e. The van der Waals surface area contributed by atoms with Crippen LogP contribution in [0.25, 0.3) is 0 Å². The van der Waals surface area contributed by atoms with Gasteiger partial charge in [0.25, 0.3) is 0 Å². The van der Waals surface area contributed by atoms with Crippen LogP contribution in [0, 0.1) is 5.92 Å². The molecule has 2 aliphatic heterocycles. The number of nitrogens with one attached hydrogen (secondary N) is 2. The van der Waals surface area contributed by atoms with Gasteiger partial charge in [-0.15, -0.1) is 12.4 Å². The molecule has 2 aliphatic rings. The molecule has 1 fully saturated rings. The van der Waals surface area contributed by atoms with Crippen molar-refractivity contribution in [2.24, 2.45) is 11.7 Å². The van der Waals surface area contributed by atoms with E-state index in [9.17, 15) is 14.4 Å². The number of likely N-dealkylation sites (tertiary alicyclic amines) is 1. The van der Waals surface area contributed by atoms with Crippen molar-refractivity contribution in [2.45, 2.75) is 44.2 Å². The number of nitrogens with zero attached hydrogens (tertiary/aromatic N) is 1. The Kier molecular flexibility index (Phi) is 5.72. The molecular formula is C19H27ClN4O3. The highest BCUT2D eigenvalue weighted by molar-refractivity contribution is 6.08. The molecular weight excluding hydrogens is 368 g/mol. The van der Waals surface area contributed by atoms with Gasteiger partial charge in [0.1, 0.15) is 6.04 Å². The molecule has 1 aromatic rings. The van der Waals surface area contributed by atoms with Crippen molar-refractivity contribution in [1.29, 1.82) is 0 Å². The number of carbonyl (C=O) groups is 3. The Morgan fingerprint density at radius 2 is 2.19 bits per heavy atom. The summed E-state index contributed by atoms with van der Waals surface area (Å²) in [5, 5.41) is 5.84. The van der Waals surface area contributed by atoms with Crippen molar-refractivity contribution in [1.82, 2.24) is 10.2 Å². The van der Waals surface area contributed by atoms with Gasteiger partial charge in [0, 0.05) is 12.2 Å². The van der Waals surface area contributed by atoms with Crippen LogP contribution in [0.4, 0.5) is 5.69 Å². The first kappa shape index (κ1) is 19.6. The van der Waals surface area contributed by atoms with Crippen LogP contribution in [0.15, 0.2) is 24.2 Å². The number of primary amides is 1. The predicted octanol–water partition coefficient (Wildman–Crippen LogP) is 1.02. The summed E-state index contributed by atoms with van der Waals surface area (Å²) < 4.78 is 7.90. The summed E-state index contributed by atoms with van der Waals surface area (Å²) in [6.45, 7) is 4.12. The largest absolute Gasteiger partial charge is 0.368 e. The third-order valence-electron chi connectivity index (χ3n) is 5.39. The minimum Gasteiger partial charge on any atom is -0.368 e. The van der Waals surface area contributed by atoms with Gasteiger partial charge in [-0.2, -0.15) is 0 Å². The Balaban J connectivity index is 0.00000280. The van der Waals surface area contributed by atoms with E-state index in [1.54, 1.807) is 25.2 Å². The number of fused-ring (bicyclic) bond motifs is 2. The molecule has 0 bridgehead atoms. The lowest BCUT2D eigenvalue weighted by Crippen LogP contribution is -2.51. The van der Waals surface area contributed by atoms with Crippen LogP contribution in [0.3, 0.4) is 0 Å². The van der Waals surface area contributed by atoms with Gasteiger partial charge in [-0.1, -0.05) is 32.0 Å². The first-order chi connectivity index (χ1) is 12.7. The van der Waals surface area contributed by atoms with Crippen molar-refractivity contribution in [3.63, 3.8) is 0 Å². The summed E-state index contributed by atoms with van der Waals surface area (Å²) in [4.78, 5) is 39.5. The van der Waals surface area contributed by atoms with Crippen molar-refractivity contribution in [3.05, 3.63) is 29.8 Å². The first-order valence-electron chi connectivity index (χ1n) is 9.39. The van der Waals surface area contributed by atoms with Gasteiger partial charge in [0.05, 0.1) is 12.8 Å². The van der Waals surface area contributed by atoms with Gasteiger partial charge in [-0.3, -0.25) is 14.4 Å². The second-order valence-electron chi connectivity index (χ2n) is 7.57. The fraction of sp³-hybridized carbons (Fsp3) is 0.526. The first-order valence-corrected chi connectivity index (χ1v) is 8.89. The molecule has 7 nitrogen and oxygen atoms in total. The second kappa shape index (κ2) is 7.86. The summed E-state index contributed by atoms with van der Waals surface area (Å²) in [5.41, 5.74) is 5.83. The van der Waals surface area contributed by atoms with Crippen LogP contribution < -0.4 is 16.4 Å². The van der Waals surface area contributed by atoms with Crippen LogP contribution in [0.2, 0.25) is 0 Å². The summed E-state index contributed by atoms with van der Waals surface area (Å²) >= 11 is 0. The van der Waals surface area contributed by atoms with Crippen molar-refractivity contribution < 1.29 is 15.8 Å². The molecule has 3 atom stereocenters. The molecule has 0 aliphatic carbocycles. The van der Waals surface area contributed by atoms with Gasteiger partial charge in [0.2, 0.25) is 17.7 Å². The van der Waals surface area contributed by atoms with E-state index in [1.165, 1.54) is 4.90 Å². The van der Waals surface area contributed by atoms with E-state index in [2.05, 4.69) is 10.6 Å². The number of carbonyl (C=O) groups excluding carboxylic acids is 3. The standard InChI is InChI=1S/C19H26N4O3.ClH/c1-11(2)8-14(21-3)17(25)23-10-19(9-15(23)16(20)24)12-6-4-5-7-13(12)22-18(19)26;/h4-7,11,14-15,21H,8-10H2,1-3H3,(H2,20,24)(H,22,26);1H/t14-,15-,19-;/m0./s1/i4D;. The fourth-order valence-corrected chi connectivity index (χ4v) is 4.06. The monoisotopic (exact) mass is 395 g/mol. The Morgan fingerprint density at radius 1 is 1.48 bits per heavy atom. The quantitative estimate of drug-likeness (QED) is 0.692. The summed E-state index contributed by atoms with van der Waals surface area (Å²) in [7, 11) is 1.71. The summed E-state index contributed by atoms with van der Waals surface area (Å²) in [5.74, 6) is -0.816. The second-order valence-corrected chi connectivity index (χ2v) is 7.57. The zero-order chi connectivity index (χ0) is 19.9. The number of nitrogens with two attached hydrogens (primary N) is 1. The molecule has 27 heavy (non-hydrogen) atoms. The fourth-order valence-electron chi connectivity index (χ4n) is 4.06. The lowest BCUT2D eigenvalue weighted by molar-refractivity contribution is -0.139. The molecule has 0 unspecified atom stereocenters. The minimum atomic E-state index is -1.04. The molecule has 1 aromatic carbocycles.